The molecule has 0 bridgehead atoms. The highest BCUT2D eigenvalue weighted by atomic mass is 16.5. The fourth-order valence-corrected chi connectivity index (χ4v) is 7.17. The lowest BCUT2D eigenvalue weighted by Crippen LogP contribution is -2.28. The van der Waals surface area contributed by atoms with Crippen molar-refractivity contribution in [1.29, 1.82) is 0 Å². The van der Waals surface area contributed by atoms with Crippen LogP contribution in [0, 0.1) is 0 Å². The Labute approximate surface area is 252 Å². The average molecular weight is 551 g/mol. The Hall–Kier alpha value is -5.40. The van der Waals surface area contributed by atoms with E-state index in [1.807, 2.05) is 12.1 Å². The molecule has 0 saturated heterocycles. The van der Waals surface area contributed by atoms with Gasteiger partial charge >= 0.3 is 0 Å². The molecule has 1 heteroatoms. The molecule has 0 N–H and O–H groups in total. The van der Waals surface area contributed by atoms with E-state index >= 15 is 0 Å². The van der Waals surface area contributed by atoms with Crippen LogP contribution in [0.25, 0.3) is 44.2 Å². The molecule has 1 aliphatic carbocycles. The molecule has 0 unspecified atom stereocenters. The van der Waals surface area contributed by atoms with Crippen molar-refractivity contribution in [3.63, 3.8) is 0 Å². The third-order valence-electron chi connectivity index (χ3n) is 9.08. The summed E-state index contributed by atoms with van der Waals surface area (Å²) < 4.78 is 5.49. The van der Waals surface area contributed by atoms with Crippen molar-refractivity contribution in [2.24, 2.45) is 0 Å². The van der Waals surface area contributed by atoms with E-state index in [2.05, 4.69) is 152 Å². The lowest BCUT2D eigenvalue weighted by atomic mass is 9.67. The van der Waals surface area contributed by atoms with Crippen LogP contribution in [0.2, 0.25) is 0 Å². The van der Waals surface area contributed by atoms with Crippen LogP contribution in [0.3, 0.4) is 0 Å². The number of rotatable bonds is 5. The molecule has 8 rings (SSSR count). The van der Waals surface area contributed by atoms with E-state index in [0.29, 0.717) is 0 Å². The summed E-state index contributed by atoms with van der Waals surface area (Å²) in [6.45, 7) is 0. The molecule has 0 heterocycles. The van der Waals surface area contributed by atoms with Crippen molar-refractivity contribution < 1.29 is 4.74 Å². The van der Waals surface area contributed by atoms with Crippen LogP contribution < -0.4 is 4.74 Å². The van der Waals surface area contributed by atoms with Gasteiger partial charge in [0.1, 0.15) is 5.75 Å². The maximum absolute atomic E-state index is 5.49. The molecule has 1 nitrogen and oxygen atoms in total. The number of ether oxygens (including phenoxy) is 1. The average Bonchev–Trinajstić information content (AvgIpc) is 3.38. The van der Waals surface area contributed by atoms with Crippen LogP contribution in [0.15, 0.2) is 164 Å². The van der Waals surface area contributed by atoms with E-state index in [1.54, 1.807) is 7.11 Å². The van der Waals surface area contributed by atoms with Gasteiger partial charge < -0.3 is 4.74 Å². The molecule has 0 atom stereocenters. The second-order valence-electron chi connectivity index (χ2n) is 11.2. The maximum Gasteiger partial charge on any atom is 0.118 e. The summed E-state index contributed by atoms with van der Waals surface area (Å²) in [5.41, 5.74) is 12.2. The van der Waals surface area contributed by atoms with Crippen LogP contribution in [-0.4, -0.2) is 7.11 Å². The summed E-state index contributed by atoms with van der Waals surface area (Å²) in [6, 6.07) is 59.7. The highest BCUT2D eigenvalue weighted by molar-refractivity contribution is 6.08. The van der Waals surface area contributed by atoms with Gasteiger partial charge in [-0.25, -0.2) is 0 Å². The third kappa shape index (κ3) is 3.86. The van der Waals surface area contributed by atoms with Crippen molar-refractivity contribution in [3.8, 4) is 39.1 Å². The van der Waals surface area contributed by atoms with Gasteiger partial charge in [0.25, 0.3) is 0 Å². The predicted octanol–water partition coefficient (Wildman–Crippen LogP) is 10.5. The largest absolute Gasteiger partial charge is 0.497 e. The zero-order valence-electron chi connectivity index (χ0n) is 24.0. The minimum atomic E-state index is -0.442. The van der Waals surface area contributed by atoms with Crippen LogP contribution in [-0.2, 0) is 5.41 Å². The lowest BCUT2D eigenvalue weighted by molar-refractivity contribution is 0.415. The van der Waals surface area contributed by atoms with E-state index in [4.69, 9.17) is 4.74 Å². The summed E-state index contributed by atoms with van der Waals surface area (Å²) in [5.74, 6) is 0.859. The van der Waals surface area contributed by atoms with Crippen molar-refractivity contribution in [2.75, 3.05) is 7.11 Å². The van der Waals surface area contributed by atoms with Gasteiger partial charge in [-0.1, -0.05) is 140 Å². The SMILES string of the molecule is COc1ccc(-c2ccc(-c3ccccc3)c3cc4c(cc23)C(c2ccccc2)(c2ccccc2)c2ccccc2-4)cc1. The van der Waals surface area contributed by atoms with Crippen LogP contribution in [0.1, 0.15) is 22.3 Å². The van der Waals surface area contributed by atoms with E-state index < -0.39 is 5.41 Å². The van der Waals surface area contributed by atoms with Gasteiger partial charge in [-0.2, -0.15) is 0 Å². The van der Waals surface area contributed by atoms with Crippen LogP contribution in [0.5, 0.6) is 5.75 Å². The number of hydrogen-bond donors (Lipinski definition) is 0. The molecule has 204 valence electrons. The maximum atomic E-state index is 5.49. The molecule has 0 saturated carbocycles. The van der Waals surface area contributed by atoms with Gasteiger partial charge in [0.05, 0.1) is 12.5 Å². The number of methoxy groups -OCH3 is 1. The summed E-state index contributed by atoms with van der Waals surface area (Å²) in [4.78, 5) is 0. The van der Waals surface area contributed by atoms with Crippen molar-refractivity contribution in [1.82, 2.24) is 0 Å². The molecule has 43 heavy (non-hydrogen) atoms. The predicted molar refractivity (Wildman–Crippen MR) is 179 cm³/mol. The molecule has 0 amide bonds. The Kier molecular flexibility index (Phi) is 5.98. The second-order valence-corrected chi connectivity index (χ2v) is 11.2. The molecule has 0 fully saturated rings. The molecule has 7 aromatic carbocycles. The molecule has 0 radical (unpaired) electrons. The first-order valence-corrected chi connectivity index (χ1v) is 14.8. The van der Waals surface area contributed by atoms with Crippen molar-refractivity contribution in [3.05, 3.63) is 186 Å². The van der Waals surface area contributed by atoms with Crippen molar-refractivity contribution in [2.45, 2.75) is 5.41 Å². The van der Waals surface area contributed by atoms with Gasteiger partial charge in [0.15, 0.2) is 0 Å². The van der Waals surface area contributed by atoms with Gasteiger partial charge in [0.2, 0.25) is 0 Å². The van der Waals surface area contributed by atoms with Gasteiger partial charge in [0, 0.05) is 0 Å². The highest BCUT2D eigenvalue weighted by Gasteiger charge is 2.46. The Bertz CT molecular complexity index is 2040. The van der Waals surface area contributed by atoms with E-state index in [9.17, 15) is 0 Å². The van der Waals surface area contributed by atoms with E-state index in [-0.39, 0.29) is 0 Å². The van der Waals surface area contributed by atoms with Crippen LogP contribution in [0.4, 0.5) is 0 Å². The molecular formula is C42H30O. The third-order valence-corrected chi connectivity index (χ3v) is 9.08. The second kappa shape index (κ2) is 10.2. The standard InChI is InChI=1S/C42H30O/c1-43-33-23-21-30(22-24-33)35-26-25-34(29-13-5-2-6-14-29)37-27-39-36-19-11-12-20-40(36)42(41(39)28-38(35)37,31-15-7-3-8-16-31)32-17-9-4-10-18-32/h2-28H,1H3. The Balaban J connectivity index is 1.52. The zero-order valence-corrected chi connectivity index (χ0v) is 24.0. The van der Waals surface area contributed by atoms with Crippen molar-refractivity contribution >= 4 is 10.8 Å². The fraction of sp³-hybridized carbons (Fsp3) is 0.0476. The quantitative estimate of drug-likeness (QED) is 0.207. The minimum Gasteiger partial charge on any atom is -0.497 e. The highest BCUT2D eigenvalue weighted by Crippen LogP contribution is 2.57. The Morgan fingerprint density at radius 1 is 0.395 bits per heavy atom. The first-order chi connectivity index (χ1) is 21.3. The number of hydrogen-bond acceptors (Lipinski definition) is 1. The molecule has 1 aliphatic rings. The monoisotopic (exact) mass is 550 g/mol. The summed E-state index contributed by atoms with van der Waals surface area (Å²) >= 11 is 0. The smallest absolute Gasteiger partial charge is 0.118 e. The minimum absolute atomic E-state index is 0.442. The summed E-state index contributed by atoms with van der Waals surface area (Å²) in [6.07, 6.45) is 0. The van der Waals surface area contributed by atoms with Gasteiger partial charge in [-0.15, -0.1) is 0 Å². The topological polar surface area (TPSA) is 9.23 Å². The number of fused-ring (bicyclic) bond motifs is 4. The normalized spacial score (nSPS) is 13.0. The Morgan fingerprint density at radius 2 is 0.907 bits per heavy atom. The summed E-state index contributed by atoms with van der Waals surface area (Å²) in [7, 11) is 1.72. The molecule has 7 aromatic rings. The van der Waals surface area contributed by atoms with E-state index in [1.165, 1.54) is 66.4 Å². The first kappa shape index (κ1) is 25.3. The Morgan fingerprint density at radius 3 is 1.51 bits per heavy atom. The van der Waals surface area contributed by atoms with Gasteiger partial charge in [-0.3, -0.25) is 0 Å². The molecule has 0 aliphatic heterocycles. The molecule has 0 aromatic heterocycles. The first-order valence-electron chi connectivity index (χ1n) is 14.8. The van der Waals surface area contributed by atoms with Crippen LogP contribution >= 0.6 is 0 Å². The lowest BCUT2D eigenvalue weighted by Gasteiger charge is -2.34. The summed E-state index contributed by atoms with van der Waals surface area (Å²) in [5, 5.41) is 2.50. The molecular weight excluding hydrogens is 520 g/mol. The van der Waals surface area contributed by atoms with E-state index in [0.717, 1.165) is 5.75 Å². The molecule has 0 spiro atoms. The van der Waals surface area contributed by atoms with Gasteiger partial charge in [-0.05, 0) is 90.7 Å². The fourth-order valence-electron chi connectivity index (χ4n) is 7.17. The number of benzene rings is 7. The zero-order chi connectivity index (χ0) is 28.8.